The molecule has 0 radical (unpaired) electrons. The normalized spacial score (nSPS) is 16.9. The fourth-order valence-electron chi connectivity index (χ4n) is 2.50. The van der Waals surface area contributed by atoms with Gasteiger partial charge < -0.3 is 10.0 Å². The van der Waals surface area contributed by atoms with E-state index in [0.29, 0.717) is 13.0 Å². The molecular formula is C15H12N4O2. The Morgan fingerprint density at radius 2 is 2.10 bits per heavy atom. The molecule has 1 unspecified atom stereocenters. The van der Waals surface area contributed by atoms with E-state index < -0.39 is 12.0 Å². The minimum absolute atomic E-state index is 0.225. The molecule has 21 heavy (non-hydrogen) atoms. The van der Waals surface area contributed by atoms with E-state index in [2.05, 4.69) is 9.97 Å². The van der Waals surface area contributed by atoms with Gasteiger partial charge in [0.25, 0.3) is 0 Å². The Morgan fingerprint density at radius 1 is 1.33 bits per heavy atom. The Bertz CT molecular complexity index is 738. The number of rotatable bonds is 2. The number of aromatic nitrogens is 2. The van der Waals surface area contributed by atoms with Crippen molar-refractivity contribution >= 4 is 11.9 Å². The van der Waals surface area contributed by atoms with Crippen molar-refractivity contribution in [1.29, 1.82) is 5.26 Å². The zero-order chi connectivity index (χ0) is 14.8. The molecule has 1 N–H and O–H groups in total. The Balaban J connectivity index is 2.03. The fourth-order valence-corrected chi connectivity index (χ4v) is 2.50. The second kappa shape index (κ2) is 5.21. The van der Waals surface area contributed by atoms with Crippen molar-refractivity contribution in [3.8, 4) is 6.07 Å². The number of nitriles is 1. The van der Waals surface area contributed by atoms with Gasteiger partial charge >= 0.3 is 5.97 Å². The summed E-state index contributed by atoms with van der Waals surface area (Å²) in [6.45, 7) is 0.419. The first-order chi connectivity index (χ1) is 10.2. The third-order valence-corrected chi connectivity index (χ3v) is 3.55. The Hall–Kier alpha value is -2.94. The quantitative estimate of drug-likeness (QED) is 0.893. The summed E-state index contributed by atoms with van der Waals surface area (Å²) >= 11 is 0. The van der Waals surface area contributed by atoms with Gasteiger partial charge in [0, 0.05) is 19.2 Å². The van der Waals surface area contributed by atoms with E-state index >= 15 is 0 Å². The highest BCUT2D eigenvalue weighted by Crippen LogP contribution is 2.26. The molecule has 1 atom stereocenters. The highest BCUT2D eigenvalue weighted by atomic mass is 16.4. The van der Waals surface area contributed by atoms with E-state index in [9.17, 15) is 9.90 Å². The highest BCUT2D eigenvalue weighted by Gasteiger charge is 2.33. The molecule has 104 valence electrons. The van der Waals surface area contributed by atoms with Crippen LogP contribution in [0.2, 0.25) is 0 Å². The number of carboxylic acids is 1. The molecule has 1 aromatic heterocycles. The van der Waals surface area contributed by atoms with Crippen molar-refractivity contribution in [2.24, 2.45) is 0 Å². The summed E-state index contributed by atoms with van der Waals surface area (Å²) in [6, 6.07) is 10.4. The fraction of sp³-hybridized carbons (Fsp3) is 0.200. The molecular weight excluding hydrogens is 268 g/mol. The minimum Gasteiger partial charge on any atom is -0.480 e. The molecule has 1 aromatic carbocycles. The molecule has 0 amide bonds. The second-order valence-corrected chi connectivity index (χ2v) is 4.81. The highest BCUT2D eigenvalue weighted by molar-refractivity contribution is 5.78. The van der Waals surface area contributed by atoms with Crippen LogP contribution >= 0.6 is 0 Å². The monoisotopic (exact) mass is 280 g/mol. The van der Waals surface area contributed by atoms with Gasteiger partial charge in [-0.1, -0.05) is 24.3 Å². The van der Waals surface area contributed by atoms with Gasteiger partial charge in [-0.05, 0) is 17.2 Å². The maximum Gasteiger partial charge on any atom is 0.326 e. The first kappa shape index (κ1) is 13.1. The third kappa shape index (κ3) is 2.41. The molecule has 1 aliphatic rings. The molecule has 3 rings (SSSR count). The summed E-state index contributed by atoms with van der Waals surface area (Å²) in [5.41, 5.74) is 2.31. The van der Waals surface area contributed by atoms with Gasteiger partial charge in [-0.15, -0.1) is 0 Å². The van der Waals surface area contributed by atoms with Crippen LogP contribution in [0.1, 0.15) is 16.8 Å². The van der Waals surface area contributed by atoms with Crippen LogP contribution < -0.4 is 4.90 Å². The van der Waals surface area contributed by atoms with Crippen molar-refractivity contribution in [2.75, 3.05) is 4.90 Å². The molecule has 0 saturated heterocycles. The molecule has 0 spiro atoms. The predicted molar refractivity (Wildman–Crippen MR) is 74.5 cm³/mol. The molecule has 1 aliphatic heterocycles. The van der Waals surface area contributed by atoms with Crippen LogP contribution in [0.5, 0.6) is 0 Å². The molecule has 0 saturated carbocycles. The lowest BCUT2D eigenvalue weighted by Crippen LogP contribution is -2.46. The number of aliphatic carboxylic acids is 1. The number of anilines is 1. The first-order valence-corrected chi connectivity index (χ1v) is 6.48. The molecule has 0 bridgehead atoms. The van der Waals surface area contributed by atoms with E-state index in [1.54, 1.807) is 4.90 Å². The van der Waals surface area contributed by atoms with Crippen LogP contribution in [0.25, 0.3) is 0 Å². The largest absolute Gasteiger partial charge is 0.480 e. The van der Waals surface area contributed by atoms with E-state index in [0.717, 1.165) is 11.1 Å². The van der Waals surface area contributed by atoms with Gasteiger partial charge in [0.2, 0.25) is 5.95 Å². The van der Waals surface area contributed by atoms with Crippen molar-refractivity contribution in [2.45, 2.75) is 19.0 Å². The van der Waals surface area contributed by atoms with Gasteiger partial charge in [-0.2, -0.15) is 5.26 Å². The smallest absolute Gasteiger partial charge is 0.326 e. The Morgan fingerprint density at radius 3 is 2.81 bits per heavy atom. The molecule has 2 heterocycles. The Labute approximate surface area is 121 Å². The SMILES string of the molecule is N#Cc1ccnc(N2Cc3ccccc3CC2C(=O)O)n1. The van der Waals surface area contributed by atoms with E-state index in [-0.39, 0.29) is 11.6 Å². The zero-order valence-corrected chi connectivity index (χ0v) is 11.1. The van der Waals surface area contributed by atoms with E-state index in [4.69, 9.17) is 5.26 Å². The number of hydrogen-bond acceptors (Lipinski definition) is 5. The molecule has 6 heteroatoms. The Kier molecular flexibility index (Phi) is 3.24. The standard InChI is InChI=1S/C15H12N4O2/c16-8-12-5-6-17-15(18-12)19-9-11-4-2-1-3-10(11)7-13(19)14(20)21/h1-6,13H,7,9H2,(H,20,21). The summed E-state index contributed by atoms with van der Waals surface area (Å²) in [4.78, 5) is 21.4. The van der Waals surface area contributed by atoms with E-state index in [1.165, 1.54) is 12.3 Å². The van der Waals surface area contributed by atoms with Crippen LogP contribution in [0, 0.1) is 11.3 Å². The first-order valence-electron chi connectivity index (χ1n) is 6.48. The lowest BCUT2D eigenvalue weighted by molar-refractivity contribution is -0.138. The zero-order valence-electron chi connectivity index (χ0n) is 11.1. The topological polar surface area (TPSA) is 90.1 Å². The number of carboxylic acid groups (broad SMARTS) is 1. The maximum atomic E-state index is 11.5. The molecule has 6 nitrogen and oxygen atoms in total. The van der Waals surface area contributed by atoms with Gasteiger partial charge in [-0.3, -0.25) is 0 Å². The summed E-state index contributed by atoms with van der Waals surface area (Å²) < 4.78 is 0. The van der Waals surface area contributed by atoms with Crippen molar-refractivity contribution in [1.82, 2.24) is 9.97 Å². The van der Waals surface area contributed by atoms with Gasteiger partial charge in [-0.25, -0.2) is 14.8 Å². The van der Waals surface area contributed by atoms with E-state index in [1.807, 2.05) is 30.3 Å². The number of fused-ring (bicyclic) bond motifs is 1. The third-order valence-electron chi connectivity index (χ3n) is 3.55. The summed E-state index contributed by atoms with van der Waals surface area (Å²) in [5.74, 6) is -0.647. The summed E-state index contributed by atoms with van der Waals surface area (Å²) in [5, 5.41) is 18.4. The lowest BCUT2D eigenvalue weighted by Gasteiger charge is -2.34. The van der Waals surface area contributed by atoms with Crippen LogP contribution in [-0.2, 0) is 17.8 Å². The van der Waals surface area contributed by atoms with Crippen LogP contribution in [-0.4, -0.2) is 27.1 Å². The second-order valence-electron chi connectivity index (χ2n) is 4.81. The predicted octanol–water partition coefficient (Wildman–Crippen LogP) is 1.36. The van der Waals surface area contributed by atoms with Crippen LogP contribution in [0.15, 0.2) is 36.5 Å². The minimum atomic E-state index is -0.921. The van der Waals surface area contributed by atoms with Crippen molar-refractivity contribution in [3.05, 3.63) is 53.3 Å². The summed E-state index contributed by atoms with van der Waals surface area (Å²) in [7, 11) is 0. The van der Waals surface area contributed by atoms with Gasteiger partial charge in [0.15, 0.2) is 0 Å². The maximum absolute atomic E-state index is 11.5. The molecule has 2 aromatic rings. The number of hydrogen-bond donors (Lipinski definition) is 1. The molecule has 0 aliphatic carbocycles. The van der Waals surface area contributed by atoms with Crippen LogP contribution in [0.4, 0.5) is 5.95 Å². The van der Waals surface area contributed by atoms with Crippen LogP contribution in [0.3, 0.4) is 0 Å². The lowest BCUT2D eigenvalue weighted by atomic mass is 9.94. The average molecular weight is 280 g/mol. The number of nitrogens with zero attached hydrogens (tertiary/aromatic N) is 4. The van der Waals surface area contributed by atoms with Gasteiger partial charge in [0.05, 0.1) is 0 Å². The average Bonchev–Trinajstić information content (AvgIpc) is 2.53. The summed E-state index contributed by atoms with van der Waals surface area (Å²) in [6.07, 6.45) is 1.87. The number of benzene rings is 1. The van der Waals surface area contributed by atoms with Crippen molar-refractivity contribution in [3.63, 3.8) is 0 Å². The van der Waals surface area contributed by atoms with Crippen molar-refractivity contribution < 1.29 is 9.90 Å². The molecule has 0 fully saturated rings. The number of carbonyl (C=O) groups is 1. The van der Waals surface area contributed by atoms with Gasteiger partial charge in [0.1, 0.15) is 17.8 Å².